The molecule has 0 saturated carbocycles. The van der Waals surface area contributed by atoms with Crippen LogP contribution in [0.5, 0.6) is 0 Å². The summed E-state index contributed by atoms with van der Waals surface area (Å²) in [5.74, 6) is 0.157. The third kappa shape index (κ3) is 9.71. The van der Waals surface area contributed by atoms with Crippen molar-refractivity contribution in [3.8, 4) is 0 Å². The van der Waals surface area contributed by atoms with Crippen molar-refractivity contribution in [1.82, 2.24) is 5.32 Å². The van der Waals surface area contributed by atoms with Crippen molar-refractivity contribution < 1.29 is 26.8 Å². The molecule has 2 N–H and O–H groups in total. The van der Waals surface area contributed by atoms with Crippen LogP contribution >= 0.6 is 11.6 Å². The molecule has 0 aliphatic carbocycles. The lowest BCUT2D eigenvalue weighted by Gasteiger charge is -2.31. The summed E-state index contributed by atoms with van der Waals surface area (Å²) in [7, 11) is 4.08. The van der Waals surface area contributed by atoms with Crippen LogP contribution in [0.2, 0.25) is 0 Å². The van der Waals surface area contributed by atoms with Crippen LogP contribution < -0.4 is 17.7 Å². The highest BCUT2D eigenvalue weighted by molar-refractivity contribution is 6.18. The molecule has 0 aliphatic heterocycles. The monoisotopic (exact) mass is 298 g/mol. The lowest BCUT2D eigenvalue weighted by Crippen LogP contribution is -3.00. The summed E-state index contributed by atoms with van der Waals surface area (Å²) in [6.45, 7) is 7.39. The largest absolute Gasteiger partial charge is 1.00 e. The fraction of sp³-hybridized carbons (Fsp3) is 0.750. The molecule has 0 aromatic rings. The van der Waals surface area contributed by atoms with E-state index in [9.17, 15) is 9.90 Å². The molecule has 1 amide bonds. The highest BCUT2D eigenvalue weighted by Gasteiger charge is 2.19. The Labute approximate surface area is 121 Å². The molecular weight excluding hydrogens is 275 g/mol. The molecule has 0 aliphatic rings. The van der Waals surface area contributed by atoms with Gasteiger partial charge in [0, 0.05) is 18.5 Å². The summed E-state index contributed by atoms with van der Waals surface area (Å²) < 4.78 is 0.691. The van der Waals surface area contributed by atoms with Crippen molar-refractivity contribution in [3.63, 3.8) is 0 Å². The summed E-state index contributed by atoms with van der Waals surface area (Å²) in [5.41, 5.74) is 0.524. The molecule has 18 heavy (non-hydrogen) atoms. The maximum absolute atomic E-state index is 11.2. The lowest BCUT2D eigenvalue weighted by molar-refractivity contribution is -0.893. The van der Waals surface area contributed by atoms with Gasteiger partial charge in [-0.15, -0.1) is 11.6 Å². The van der Waals surface area contributed by atoms with Crippen molar-refractivity contribution >= 4 is 17.5 Å². The van der Waals surface area contributed by atoms with Gasteiger partial charge in [0.2, 0.25) is 5.91 Å². The summed E-state index contributed by atoms with van der Waals surface area (Å²) in [6.07, 6.45) is 0.387. The van der Waals surface area contributed by atoms with Crippen molar-refractivity contribution in [2.24, 2.45) is 0 Å². The highest BCUT2D eigenvalue weighted by Crippen LogP contribution is 2.03. The van der Waals surface area contributed by atoms with Crippen LogP contribution in [0.4, 0.5) is 0 Å². The Morgan fingerprint density at radius 3 is 2.50 bits per heavy atom. The number of alkyl halides is 1. The maximum Gasteiger partial charge on any atom is 0.246 e. The van der Waals surface area contributed by atoms with Crippen molar-refractivity contribution in [2.75, 3.05) is 39.6 Å². The fourth-order valence-corrected chi connectivity index (χ4v) is 1.67. The van der Waals surface area contributed by atoms with Gasteiger partial charge < -0.3 is 27.3 Å². The van der Waals surface area contributed by atoms with Crippen LogP contribution in [0.3, 0.4) is 0 Å². The molecule has 0 spiro atoms. The van der Waals surface area contributed by atoms with Crippen LogP contribution in [0.15, 0.2) is 12.2 Å². The number of carbonyl (C=O) groups excluding carboxylic acids is 1. The first-order valence-electron chi connectivity index (χ1n) is 5.78. The first-order valence-corrected chi connectivity index (χ1v) is 6.31. The molecule has 1 unspecified atom stereocenters. The standard InChI is InChI=1S/C12H23ClN2O2.ClH/c1-10(2)12(17)14-6-5-7-15(3,4)9-11(16)8-13;/h11,16H,1,5-9H2,2-4H3;1H. The van der Waals surface area contributed by atoms with Gasteiger partial charge in [0.25, 0.3) is 0 Å². The average molecular weight is 299 g/mol. The number of aliphatic hydroxyl groups is 1. The van der Waals surface area contributed by atoms with Gasteiger partial charge in [-0.3, -0.25) is 4.79 Å². The van der Waals surface area contributed by atoms with E-state index < -0.39 is 6.10 Å². The van der Waals surface area contributed by atoms with Crippen LogP contribution in [0.25, 0.3) is 0 Å². The van der Waals surface area contributed by atoms with E-state index in [4.69, 9.17) is 11.6 Å². The number of halogens is 2. The zero-order valence-electron chi connectivity index (χ0n) is 11.4. The minimum Gasteiger partial charge on any atom is -1.00 e. The van der Waals surface area contributed by atoms with E-state index in [-0.39, 0.29) is 24.2 Å². The van der Waals surface area contributed by atoms with Gasteiger partial charge in [-0.2, -0.15) is 0 Å². The van der Waals surface area contributed by atoms with Gasteiger partial charge in [-0.25, -0.2) is 0 Å². The summed E-state index contributed by atoms with van der Waals surface area (Å²) >= 11 is 5.57. The van der Waals surface area contributed by atoms with E-state index in [1.807, 2.05) is 14.1 Å². The van der Waals surface area contributed by atoms with Gasteiger partial charge in [0.15, 0.2) is 0 Å². The number of hydrogen-bond acceptors (Lipinski definition) is 2. The molecule has 0 fully saturated rings. The molecule has 4 nitrogen and oxygen atoms in total. The third-order valence-electron chi connectivity index (χ3n) is 2.50. The van der Waals surface area contributed by atoms with Crippen LogP contribution in [0.1, 0.15) is 13.3 Å². The highest BCUT2D eigenvalue weighted by atomic mass is 35.5. The maximum atomic E-state index is 11.2. The minimum atomic E-state index is -0.475. The lowest BCUT2D eigenvalue weighted by atomic mass is 10.2. The zero-order chi connectivity index (χ0) is 13.5. The van der Waals surface area contributed by atoms with E-state index in [1.54, 1.807) is 6.92 Å². The Morgan fingerprint density at radius 2 is 2.06 bits per heavy atom. The number of amides is 1. The number of likely N-dealkylation sites (N-methyl/N-ethyl adjacent to an activating group) is 1. The molecule has 0 heterocycles. The molecule has 0 aromatic carbocycles. The Hall–Kier alpha value is -0.290. The average Bonchev–Trinajstić information content (AvgIpc) is 2.23. The van der Waals surface area contributed by atoms with Gasteiger partial charge in [-0.1, -0.05) is 6.58 Å². The Kier molecular flexibility index (Phi) is 10.7. The van der Waals surface area contributed by atoms with E-state index in [1.165, 1.54) is 0 Å². The number of quaternary nitrogens is 1. The van der Waals surface area contributed by atoms with Gasteiger partial charge in [0.05, 0.1) is 26.5 Å². The predicted molar refractivity (Wildman–Crippen MR) is 71.0 cm³/mol. The summed E-state index contributed by atoms with van der Waals surface area (Å²) in [5, 5.41) is 12.3. The second-order valence-electron chi connectivity index (χ2n) is 5.04. The molecule has 108 valence electrons. The van der Waals surface area contributed by atoms with E-state index >= 15 is 0 Å². The molecule has 0 saturated heterocycles. The molecule has 0 bridgehead atoms. The third-order valence-corrected chi connectivity index (χ3v) is 2.85. The number of rotatable bonds is 8. The second-order valence-corrected chi connectivity index (χ2v) is 5.35. The molecule has 0 aromatic heterocycles. The van der Waals surface area contributed by atoms with Crippen molar-refractivity contribution in [1.29, 1.82) is 0 Å². The predicted octanol–water partition coefficient (Wildman–Crippen LogP) is -2.25. The number of nitrogens with zero attached hydrogens (tertiary/aromatic N) is 1. The Balaban J connectivity index is 0. The van der Waals surface area contributed by atoms with Gasteiger partial charge in [0.1, 0.15) is 12.6 Å². The molecule has 0 radical (unpaired) electrons. The zero-order valence-corrected chi connectivity index (χ0v) is 12.9. The van der Waals surface area contributed by atoms with Crippen LogP contribution in [0, 0.1) is 0 Å². The van der Waals surface area contributed by atoms with Crippen LogP contribution in [-0.4, -0.2) is 61.2 Å². The first kappa shape index (κ1) is 20.0. The Morgan fingerprint density at radius 1 is 1.50 bits per heavy atom. The second kappa shape index (κ2) is 9.62. The minimum absolute atomic E-state index is 0. The van der Waals surface area contributed by atoms with Gasteiger partial charge >= 0.3 is 0 Å². The van der Waals surface area contributed by atoms with Crippen LogP contribution in [-0.2, 0) is 4.79 Å². The number of nitrogens with one attached hydrogen (secondary N) is 1. The van der Waals surface area contributed by atoms with E-state index in [0.29, 0.717) is 23.1 Å². The smallest absolute Gasteiger partial charge is 0.246 e. The summed E-state index contributed by atoms with van der Waals surface area (Å²) in [4.78, 5) is 11.2. The normalized spacial score (nSPS) is 12.5. The molecular formula is C12H24Cl2N2O2. The topological polar surface area (TPSA) is 49.3 Å². The fourth-order valence-electron chi connectivity index (χ4n) is 1.57. The van der Waals surface area contributed by atoms with Gasteiger partial charge in [-0.05, 0) is 6.92 Å². The summed E-state index contributed by atoms with van der Waals surface area (Å²) in [6, 6.07) is 0. The molecule has 6 heteroatoms. The number of aliphatic hydroxyl groups excluding tert-OH is 1. The molecule has 1 atom stereocenters. The quantitative estimate of drug-likeness (QED) is 0.230. The number of hydrogen-bond donors (Lipinski definition) is 2. The van der Waals surface area contributed by atoms with Crippen molar-refractivity contribution in [3.05, 3.63) is 12.2 Å². The van der Waals surface area contributed by atoms with E-state index in [0.717, 1.165) is 13.0 Å². The Bertz CT molecular complexity index is 271. The van der Waals surface area contributed by atoms with Crippen molar-refractivity contribution in [2.45, 2.75) is 19.4 Å². The first-order chi connectivity index (χ1) is 7.78. The SMILES string of the molecule is C=C(C)C(=O)NCCC[N+](C)(C)CC(O)CCl.[Cl-]. The number of carbonyl (C=O) groups is 1. The molecule has 0 rings (SSSR count). The van der Waals surface area contributed by atoms with E-state index in [2.05, 4.69) is 11.9 Å².